The minimum absolute atomic E-state index is 0.0317. The highest BCUT2D eigenvalue weighted by molar-refractivity contribution is 9.09. The van der Waals surface area contributed by atoms with E-state index < -0.39 is 11.0 Å². The van der Waals surface area contributed by atoms with Gasteiger partial charge in [-0.15, -0.1) is 0 Å². The van der Waals surface area contributed by atoms with Crippen molar-refractivity contribution in [3.8, 4) is 0 Å². The molecule has 5 rings (SSSR count). The molecule has 6 heteroatoms. The first kappa shape index (κ1) is 25.4. The highest BCUT2D eigenvalue weighted by Crippen LogP contribution is 2.67. The van der Waals surface area contributed by atoms with Gasteiger partial charge in [0.2, 0.25) is 0 Å². The van der Waals surface area contributed by atoms with Crippen molar-refractivity contribution in [2.24, 2.45) is 17.3 Å². The number of nitrogens with zero attached hydrogens (tertiary/aromatic N) is 1. The zero-order chi connectivity index (χ0) is 25.8. The smallest absolute Gasteiger partial charge is 0.303 e. The number of anilines is 1. The van der Waals surface area contributed by atoms with E-state index >= 15 is 0 Å². The lowest BCUT2D eigenvalue weighted by Crippen LogP contribution is -2.58. The molecule has 3 unspecified atom stereocenters. The molecule has 5 atom stereocenters. The number of rotatable bonds is 5. The molecule has 5 nitrogen and oxygen atoms in total. The van der Waals surface area contributed by atoms with Gasteiger partial charge in [0.25, 0.3) is 0 Å². The van der Waals surface area contributed by atoms with Crippen LogP contribution in [0.15, 0.2) is 47.1 Å². The van der Waals surface area contributed by atoms with E-state index in [1.165, 1.54) is 29.2 Å². The SMILES string of the molecule is CC(=O)O[C@]1(C(=O)CBr)CCC2C3CC=C4CC(=O)CCC4=C3C(c3ccc(N(C)C)cc3)C[C@@]21C. The summed E-state index contributed by atoms with van der Waals surface area (Å²) in [5, 5.41) is 0.176. The van der Waals surface area contributed by atoms with Gasteiger partial charge in [-0.25, -0.2) is 0 Å². The Labute approximate surface area is 222 Å². The first-order chi connectivity index (χ1) is 17.1. The van der Waals surface area contributed by atoms with E-state index in [1.807, 2.05) is 14.1 Å². The lowest BCUT2D eigenvalue weighted by atomic mass is 9.51. The fraction of sp³-hybridized carbons (Fsp3) is 0.567. The summed E-state index contributed by atoms with van der Waals surface area (Å²) in [5.74, 6) is 0.560. The van der Waals surface area contributed by atoms with E-state index in [0.717, 1.165) is 31.4 Å². The molecule has 0 bridgehead atoms. The van der Waals surface area contributed by atoms with E-state index in [1.54, 1.807) is 0 Å². The van der Waals surface area contributed by atoms with Gasteiger partial charge in [0, 0.05) is 50.9 Å². The second-order valence-corrected chi connectivity index (χ2v) is 12.1. The Bertz CT molecular complexity index is 1170. The molecular weight excluding hydrogens is 518 g/mol. The maximum absolute atomic E-state index is 13.5. The van der Waals surface area contributed by atoms with Gasteiger partial charge < -0.3 is 9.64 Å². The summed E-state index contributed by atoms with van der Waals surface area (Å²) < 4.78 is 6.06. The minimum atomic E-state index is -1.11. The van der Waals surface area contributed by atoms with E-state index in [2.05, 4.69) is 58.1 Å². The van der Waals surface area contributed by atoms with Crippen molar-refractivity contribution < 1.29 is 19.1 Å². The average molecular weight is 555 g/mol. The van der Waals surface area contributed by atoms with Crippen molar-refractivity contribution >= 4 is 39.2 Å². The molecule has 0 aromatic heterocycles. The Morgan fingerprint density at radius 3 is 2.53 bits per heavy atom. The Balaban J connectivity index is 1.67. The van der Waals surface area contributed by atoms with Crippen LogP contribution < -0.4 is 4.90 Å². The van der Waals surface area contributed by atoms with Crippen molar-refractivity contribution in [2.75, 3.05) is 24.3 Å². The number of benzene rings is 1. The Hall–Kier alpha value is -2.21. The van der Waals surface area contributed by atoms with Gasteiger partial charge >= 0.3 is 5.97 Å². The highest BCUT2D eigenvalue weighted by atomic mass is 79.9. The molecule has 0 saturated heterocycles. The van der Waals surface area contributed by atoms with Gasteiger partial charge in [0.1, 0.15) is 5.78 Å². The van der Waals surface area contributed by atoms with Crippen LogP contribution in [-0.2, 0) is 19.1 Å². The molecule has 0 amide bonds. The maximum Gasteiger partial charge on any atom is 0.303 e. The van der Waals surface area contributed by atoms with Crippen LogP contribution in [0.2, 0.25) is 0 Å². The topological polar surface area (TPSA) is 63.7 Å². The quantitative estimate of drug-likeness (QED) is 0.334. The summed E-state index contributed by atoms with van der Waals surface area (Å²) >= 11 is 3.40. The van der Waals surface area contributed by atoms with E-state index in [0.29, 0.717) is 25.0 Å². The Kier molecular flexibility index (Phi) is 6.55. The largest absolute Gasteiger partial charge is 0.451 e. The number of halogens is 1. The molecule has 192 valence electrons. The number of esters is 1. The zero-order valence-electron chi connectivity index (χ0n) is 21.7. The number of carbonyl (C=O) groups excluding carboxylic acids is 3. The minimum Gasteiger partial charge on any atom is -0.451 e. The normalized spacial score (nSPS) is 33.3. The van der Waals surface area contributed by atoms with E-state index in [-0.39, 0.29) is 34.8 Å². The predicted molar refractivity (Wildman–Crippen MR) is 144 cm³/mol. The van der Waals surface area contributed by atoms with Crippen LogP contribution in [0.4, 0.5) is 5.69 Å². The molecule has 3 saturated carbocycles. The van der Waals surface area contributed by atoms with Gasteiger partial charge in [-0.1, -0.05) is 46.6 Å². The molecular formula is C30H36BrNO4. The molecule has 0 radical (unpaired) electrons. The van der Waals surface area contributed by atoms with Crippen LogP contribution in [0.25, 0.3) is 0 Å². The van der Waals surface area contributed by atoms with Gasteiger partial charge in [0.15, 0.2) is 11.4 Å². The van der Waals surface area contributed by atoms with Crippen molar-refractivity contribution in [3.05, 3.63) is 52.6 Å². The number of ketones is 2. The van der Waals surface area contributed by atoms with Gasteiger partial charge in [-0.05, 0) is 72.8 Å². The number of fused-ring (bicyclic) bond motifs is 4. The number of hydrogen-bond donors (Lipinski definition) is 0. The van der Waals surface area contributed by atoms with Crippen LogP contribution in [0.5, 0.6) is 0 Å². The standard InChI is InChI=1S/C30H36BrNO4/c1-18(33)36-30(27(35)17-31)14-13-26-24-11-7-20-15-22(34)10-12-23(20)28(24)25(16-29(26,30)2)19-5-8-21(9-6-19)32(3)4/h5-9,24-26H,10-17H2,1-4H3/t24?,25?,26?,29-,30-/m0/s1. The number of hydrogen-bond acceptors (Lipinski definition) is 5. The first-order valence-electron chi connectivity index (χ1n) is 13.1. The van der Waals surface area contributed by atoms with Gasteiger partial charge in [-0.2, -0.15) is 0 Å². The summed E-state index contributed by atoms with van der Waals surface area (Å²) in [5.41, 5.74) is 4.87. The number of alkyl halides is 1. The summed E-state index contributed by atoms with van der Waals surface area (Å²) in [6.07, 6.45) is 7.30. The van der Waals surface area contributed by atoms with Crippen LogP contribution in [0.3, 0.4) is 0 Å². The zero-order valence-corrected chi connectivity index (χ0v) is 23.3. The van der Waals surface area contributed by atoms with E-state index in [4.69, 9.17) is 4.74 Å². The Morgan fingerprint density at radius 2 is 1.89 bits per heavy atom. The molecule has 1 aromatic rings. The van der Waals surface area contributed by atoms with Crippen molar-refractivity contribution in [1.82, 2.24) is 0 Å². The number of carbonyl (C=O) groups is 3. The van der Waals surface area contributed by atoms with Crippen LogP contribution in [-0.4, -0.2) is 42.6 Å². The van der Waals surface area contributed by atoms with Crippen LogP contribution in [0, 0.1) is 17.3 Å². The second kappa shape index (κ2) is 9.27. The van der Waals surface area contributed by atoms with Gasteiger partial charge in [0.05, 0.1) is 5.33 Å². The molecule has 0 heterocycles. The molecule has 4 aliphatic rings. The first-order valence-corrected chi connectivity index (χ1v) is 14.2. The molecule has 36 heavy (non-hydrogen) atoms. The number of ether oxygens (including phenoxy) is 1. The molecule has 3 fully saturated rings. The summed E-state index contributed by atoms with van der Waals surface area (Å²) in [6.45, 7) is 3.61. The number of Topliss-reactive ketones (excluding diaryl/α,β-unsaturated/α-hetero) is 2. The van der Waals surface area contributed by atoms with Crippen molar-refractivity contribution in [3.63, 3.8) is 0 Å². The molecule has 0 aliphatic heterocycles. The summed E-state index contributed by atoms with van der Waals surface area (Å²) in [6, 6.07) is 8.75. The number of allylic oxidation sites excluding steroid dienone is 4. The summed E-state index contributed by atoms with van der Waals surface area (Å²) in [7, 11) is 4.08. The predicted octanol–water partition coefficient (Wildman–Crippen LogP) is 5.92. The van der Waals surface area contributed by atoms with Crippen LogP contribution >= 0.6 is 15.9 Å². The fourth-order valence-corrected chi connectivity index (χ4v) is 8.38. The second-order valence-electron chi connectivity index (χ2n) is 11.5. The summed E-state index contributed by atoms with van der Waals surface area (Å²) in [4.78, 5) is 40.3. The van der Waals surface area contributed by atoms with Gasteiger partial charge in [-0.3, -0.25) is 14.4 Å². The Morgan fingerprint density at radius 1 is 1.17 bits per heavy atom. The van der Waals surface area contributed by atoms with Crippen LogP contribution in [0.1, 0.15) is 70.3 Å². The highest BCUT2D eigenvalue weighted by Gasteiger charge is 2.67. The van der Waals surface area contributed by atoms with Crippen molar-refractivity contribution in [1.29, 1.82) is 0 Å². The monoisotopic (exact) mass is 553 g/mol. The molecule has 1 aromatic carbocycles. The third-order valence-corrected chi connectivity index (χ3v) is 10.0. The van der Waals surface area contributed by atoms with Crippen molar-refractivity contribution in [2.45, 2.75) is 70.3 Å². The van der Waals surface area contributed by atoms with E-state index in [9.17, 15) is 14.4 Å². The molecule has 0 spiro atoms. The fourth-order valence-electron chi connectivity index (χ4n) is 7.92. The maximum atomic E-state index is 13.5. The lowest BCUT2D eigenvalue weighted by Gasteiger charge is -2.54. The lowest BCUT2D eigenvalue weighted by molar-refractivity contribution is -0.182. The molecule has 4 aliphatic carbocycles. The third kappa shape index (κ3) is 3.82. The average Bonchev–Trinajstić information content (AvgIpc) is 3.14. The molecule has 0 N–H and O–H groups in total. The third-order valence-electron chi connectivity index (χ3n) is 9.53.